The summed E-state index contributed by atoms with van der Waals surface area (Å²) in [5, 5.41) is 4.33. The maximum absolute atomic E-state index is 13.2. The summed E-state index contributed by atoms with van der Waals surface area (Å²) in [7, 11) is -3.77. The van der Waals surface area contributed by atoms with Gasteiger partial charge in [0.2, 0.25) is 10.0 Å². The average Bonchev–Trinajstić information content (AvgIpc) is 3.22. The van der Waals surface area contributed by atoms with E-state index in [0.29, 0.717) is 43.5 Å². The van der Waals surface area contributed by atoms with Crippen LogP contribution >= 0.6 is 0 Å². The molecule has 168 valence electrons. The average molecular weight is 450 g/mol. The van der Waals surface area contributed by atoms with Crippen LogP contribution in [0.5, 0.6) is 0 Å². The van der Waals surface area contributed by atoms with Gasteiger partial charge in [0.1, 0.15) is 0 Å². The molecule has 0 radical (unpaired) electrons. The van der Waals surface area contributed by atoms with E-state index in [1.54, 1.807) is 11.8 Å². The Morgan fingerprint density at radius 3 is 2.52 bits per heavy atom. The third-order valence-electron chi connectivity index (χ3n) is 6.00. The van der Waals surface area contributed by atoms with Crippen molar-refractivity contribution < 1.29 is 27.3 Å². The molecule has 0 N–H and O–H groups in total. The van der Waals surface area contributed by atoms with Crippen LogP contribution in [-0.2, 0) is 19.6 Å². The van der Waals surface area contributed by atoms with Gasteiger partial charge in [-0.3, -0.25) is 9.59 Å². The maximum Gasteiger partial charge on any atom is 0.309 e. The fourth-order valence-electron chi connectivity index (χ4n) is 4.22. The second kappa shape index (κ2) is 8.96. The second-order valence-electron chi connectivity index (χ2n) is 7.97. The van der Waals surface area contributed by atoms with E-state index in [4.69, 9.17) is 9.26 Å². The van der Waals surface area contributed by atoms with Crippen LogP contribution in [0.1, 0.15) is 49.5 Å². The Balaban J connectivity index is 1.55. The van der Waals surface area contributed by atoms with Crippen molar-refractivity contribution in [3.05, 3.63) is 23.9 Å². The van der Waals surface area contributed by atoms with Gasteiger partial charge in [-0.15, -0.1) is 0 Å². The molecule has 0 unspecified atom stereocenters. The molecule has 10 heteroatoms. The van der Waals surface area contributed by atoms with E-state index >= 15 is 0 Å². The number of fused-ring (bicyclic) bond motifs is 1. The molecular formula is C21H27N3O6S. The van der Waals surface area contributed by atoms with Gasteiger partial charge in [0.25, 0.3) is 5.91 Å². The molecule has 0 aliphatic carbocycles. The summed E-state index contributed by atoms with van der Waals surface area (Å²) in [6.07, 6.45) is 3.84. The standard InChI is InChI=1S/C21H27N3O6S/c1-2-29-21(26)15-8-12-24(13-9-15)31(27,28)16-6-7-18-17(14-16)19(22-30-18)20(25)23-10-4-3-5-11-23/h6-7,14-15H,2-5,8-13H2,1H3. The van der Waals surface area contributed by atoms with Crippen molar-refractivity contribution in [1.82, 2.24) is 14.4 Å². The van der Waals surface area contributed by atoms with Gasteiger partial charge in [0, 0.05) is 26.2 Å². The molecule has 2 fully saturated rings. The van der Waals surface area contributed by atoms with Crippen molar-refractivity contribution >= 4 is 32.9 Å². The van der Waals surface area contributed by atoms with Gasteiger partial charge in [-0.25, -0.2) is 8.42 Å². The SMILES string of the molecule is CCOC(=O)C1CCN(S(=O)(=O)c2ccc3onc(C(=O)N4CCCCC4)c3c2)CC1. The first-order chi connectivity index (χ1) is 14.9. The number of amides is 1. The minimum atomic E-state index is -3.77. The fourth-order valence-corrected chi connectivity index (χ4v) is 5.72. The second-order valence-corrected chi connectivity index (χ2v) is 9.91. The molecule has 4 rings (SSSR count). The third-order valence-corrected chi connectivity index (χ3v) is 7.89. The van der Waals surface area contributed by atoms with Gasteiger partial charge in [-0.2, -0.15) is 4.31 Å². The zero-order chi connectivity index (χ0) is 22.0. The lowest BCUT2D eigenvalue weighted by molar-refractivity contribution is -0.149. The number of hydrogen-bond acceptors (Lipinski definition) is 7. The topological polar surface area (TPSA) is 110 Å². The zero-order valence-electron chi connectivity index (χ0n) is 17.6. The molecule has 1 aromatic heterocycles. The molecule has 9 nitrogen and oxygen atoms in total. The number of piperidine rings is 2. The molecule has 2 saturated heterocycles. The summed E-state index contributed by atoms with van der Waals surface area (Å²) in [6, 6.07) is 4.47. The van der Waals surface area contributed by atoms with Crippen LogP contribution in [0.2, 0.25) is 0 Å². The number of sulfonamides is 1. The number of esters is 1. The molecular weight excluding hydrogens is 422 g/mol. The van der Waals surface area contributed by atoms with Crippen molar-refractivity contribution in [3.8, 4) is 0 Å². The van der Waals surface area contributed by atoms with Gasteiger partial charge < -0.3 is 14.2 Å². The van der Waals surface area contributed by atoms with E-state index in [-0.39, 0.29) is 41.5 Å². The Labute approximate surface area is 181 Å². The van der Waals surface area contributed by atoms with Crippen LogP contribution in [0.4, 0.5) is 0 Å². The smallest absolute Gasteiger partial charge is 0.309 e. The Kier molecular flexibility index (Phi) is 6.29. The first-order valence-corrected chi connectivity index (χ1v) is 12.2. The maximum atomic E-state index is 13.2. The van der Waals surface area contributed by atoms with Crippen molar-refractivity contribution in [2.24, 2.45) is 5.92 Å². The number of nitrogens with zero attached hydrogens (tertiary/aromatic N) is 3. The van der Waals surface area contributed by atoms with Crippen molar-refractivity contribution in [1.29, 1.82) is 0 Å². The van der Waals surface area contributed by atoms with Crippen molar-refractivity contribution in [2.45, 2.75) is 43.9 Å². The minimum Gasteiger partial charge on any atom is -0.466 e. The molecule has 2 aromatic rings. The molecule has 2 aliphatic heterocycles. The van der Waals surface area contributed by atoms with Crippen LogP contribution in [0.25, 0.3) is 11.0 Å². The Morgan fingerprint density at radius 2 is 1.84 bits per heavy atom. The van der Waals surface area contributed by atoms with Gasteiger partial charge in [0.05, 0.1) is 22.8 Å². The highest BCUT2D eigenvalue weighted by Crippen LogP contribution is 2.29. The number of likely N-dealkylation sites (tertiary alicyclic amines) is 1. The molecule has 0 bridgehead atoms. The molecule has 1 aromatic carbocycles. The monoisotopic (exact) mass is 449 g/mol. The van der Waals surface area contributed by atoms with Crippen LogP contribution in [-0.4, -0.2) is 67.4 Å². The highest BCUT2D eigenvalue weighted by Gasteiger charge is 2.33. The van der Waals surface area contributed by atoms with Gasteiger partial charge in [-0.05, 0) is 57.2 Å². The number of ether oxygens (including phenoxy) is 1. The normalized spacial score (nSPS) is 18.9. The zero-order valence-corrected chi connectivity index (χ0v) is 18.4. The highest BCUT2D eigenvalue weighted by atomic mass is 32.2. The molecule has 0 saturated carbocycles. The van der Waals surface area contributed by atoms with E-state index in [2.05, 4.69) is 5.16 Å². The first kappa shape index (κ1) is 21.8. The van der Waals surface area contributed by atoms with Crippen molar-refractivity contribution in [2.75, 3.05) is 32.8 Å². The Morgan fingerprint density at radius 1 is 1.13 bits per heavy atom. The van der Waals surface area contributed by atoms with E-state index in [9.17, 15) is 18.0 Å². The van der Waals surface area contributed by atoms with Crippen LogP contribution < -0.4 is 0 Å². The van der Waals surface area contributed by atoms with E-state index in [0.717, 1.165) is 19.3 Å². The number of benzene rings is 1. The molecule has 0 spiro atoms. The van der Waals surface area contributed by atoms with Crippen LogP contribution in [0, 0.1) is 5.92 Å². The molecule has 31 heavy (non-hydrogen) atoms. The summed E-state index contributed by atoms with van der Waals surface area (Å²) in [5.41, 5.74) is 0.523. The van der Waals surface area contributed by atoms with Gasteiger partial charge in [-0.1, -0.05) is 5.16 Å². The predicted molar refractivity (Wildman–Crippen MR) is 112 cm³/mol. The lowest BCUT2D eigenvalue weighted by atomic mass is 9.98. The lowest BCUT2D eigenvalue weighted by Gasteiger charge is -2.30. The molecule has 1 amide bonds. The first-order valence-electron chi connectivity index (χ1n) is 10.8. The summed E-state index contributed by atoms with van der Waals surface area (Å²) in [6.45, 7) is 3.89. The van der Waals surface area contributed by atoms with Crippen molar-refractivity contribution in [3.63, 3.8) is 0 Å². The van der Waals surface area contributed by atoms with Gasteiger partial charge >= 0.3 is 5.97 Å². The van der Waals surface area contributed by atoms with E-state index in [1.807, 2.05) is 0 Å². The Hall–Kier alpha value is -2.46. The number of aromatic nitrogens is 1. The highest BCUT2D eigenvalue weighted by molar-refractivity contribution is 7.89. The van der Waals surface area contributed by atoms with E-state index < -0.39 is 10.0 Å². The number of carbonyl (C=O) groups excluding carboxylic acids is 2. The predicted octanol–water partition coefficient (Wildman–Crippen LogP) is 2.42. The summed E-state index contributed by atoms with van der Waals surface area (Å²) in [4.78, 5) is 26.6. The number of rotatable bonds is 5. The minimum absolute atomic E-state index is 0.0884. The molecule has 0 atom stereocenters. The van der Waals surface area contributed by atoms with Gasteiger partial charge in [0.15, 0.2) is 11.3 Å². The summed E-state index contributed by atoms with van der Waals surface area (Å²) >= 11 is 0. The molecule has 3 heterocycles. The fraction of sp³-hybridized carbons (Fsp3) is 0.571. The molecule has 2 aliphatic rings. The Bertz CT molecular complexity index is 1070. The summed E-state index contributed by atoms with van der Waals surface area (Å²) < 4.78 is 38.1. The number of hydrogen-bond donors (Lipinski definition) is 0. The van der Waals surface area contributed by atoms with Crippen LogP contribution in [0.15, 0.2) is 27.6 Å². The van der Waals surface area contributed by atoms with E-state index in [1.165, 1.54) is 22.5 Å². The quantitative estimate of drug-likeness (QED) is 0.645. The number of carbonyl (C=O) groups is 2. The lowest BCUT2D eigenvalue weighted by Crippen LogP contribution is -2.40. The third kappa shape index (κ3) is 4.31. The van der Waals surface area contributed by atoms with Crippen LogP contribution in [0.3, 0.4) is 0 Å². The largest absolute Gasteiger partial charge is 0.466 e. The summed E-state index contributed by atoms with van der Waals surface area (Å²) in [5.74, 6) is -0.782.